The van der Waals surface area contributed by atoms with Crippen molar-refractivity contribution in [3.63, 3.8) is 0 Å². The molecular formula is C13H23N3O3. The van der Waals surface area contributed by atoms with Gasteiger partial charge in [-0.25, -0.2) is 0 Å². The van der Waals surface area contributed by atoms with E-state index in [1.165, 1.54) is 6.26 Å². The van der Waals surface area contributed by atoms with E-state index < -0.39 is 0 Å². The van der Waals surface area contributed by atoms with Gasteiger partial charge >= 0.3 is 0 Å². The summed E-state index contributed by atoms with van der Waals surface area (Å²) in [5, 5.41) is 2.85. The number of methoxy groups -OCH3 is 1. The van der Waals surface area contributed by atoms with Crippen LogP contribution in [0.5, 0.6) is 0 Å². The van der Waals surface area contributed by atoms with Gasteiger partial charge in [0, 0.05) is 20.2 Å². The standard InChI is InChI=1S/C13H23N3O3/c1-16(6-7-18-2)5-3-4-15-13(17)11-8-12(9-14)19-10-11/h8,10H,3-7,9,14H2,1-2H3,(H,15,17). The number of likely N-dealkylation sites (N-methyl/N-ethyl adjacent to an activating group) is 1. The minimum atomic E-state index is -0.122. The van der Waals surface area contributed by atoms with Gasteiger partial charge in [-0.3, -0.25) is 4.79 Å². The topological polar surface area (TPSA) is 80.7 Å². The molecule has 1 amide bonds. The molecule has 0 spiro atoms. The number of nitrogens with two attached hydrogens (primary N) is 1. The minimum Gasteiger partial charge on any atom is -0.467 e. The van der Waals surface area contributed by atoms with Crippen LogP contribution in [-0.2, 0) is 11.3 Å². The van der Waals surface area contributed by atoms with Crippen LogP contribution < -0.4 is 11.1 Å². The second-order valence-electron chi connectivity index (χ2n) is 4.41. The number of rotatable bonds is 9. The van der Waals surface area contributed by atoms with Crippen molar-refractivity contribution < 1.29 is 13.9 Å². The van der Waals surface area contributed by atoms with Gasteiger partial charge in [-0.05, 0) is 26.1 Å². The maximum atomic E-state index is 11.7. The number of carbonyl (C=O) groups excluding carboxylic acids is 1. The fourth-order valence-electron chi connectivity index (χ4n) is 1.62. The third kappa shape index (κ3) is 5.87. The molecule has 3 N–H and O–H groups in total. The van der Waals surface area contributed by atoms with Gasteiger partial charge in [-0.1, -0.05) is 0 Å². The number of amides is 1. The molecule has 1 rings (SSSR count). The van der Waals surface area contributed by atoms with Gasteiger partial charge in [0.25, 0.3) is 5.91 Å². The Bertz CT molecular complexity index is 379. The molecule has 0 fully saturated rings. The third-order valence-corrected chi connectivity index (χ3v) is 2.80. The highest BCUT2D eigenvalue weighted by Gasteiger charge is 2.08. The molecule has 0 bridgehead atoms. The molecule has 1 aromatic rings. The molecule has 0 aliphatic carbocycles. The number of hydrogen-bond acceptors (Lipinski definition) is 5. The van der Waals surface area contributed by atoms with Crippen molar-refractivity contribution in [3.8, 4) is 0 Å². The monoisotopic (exact) mass is 269 g/mol. The van der Waals surface area contributed by atoms with E-state index in [2.05, 4.69) is 10.2 Å². The maximum absolute atomic E-state index is 11.7. The van der Waals surface area contributed by atoms with Crippen LogP contribution in [0.3, 0.4) is 0 Å². The summed E-state index contributed by atoms with van der Waals surface area (Å²) in [7, 11) is 3.72. The first kappa shape index (κ1) is 15.7. The zero-order valence-electron chi connectivity index (χ0n) is 11.6. The van der Waals surface area contributed by atoms with Crippen LogP contribution in [0.25, 0.3) is 0 Å². The number of ether oxygens (including phenoxy) is 1. The Morgan fingerprint density at radius 3 is 2.95 bits per heavy atom. The van der Waals surface area contributed by atoms with Crippen LogP contribution in [0.4, 0.5) is 0 Å². The van der Waals surface area contributed by atoms with E-state index in [-0.39, 0.29) is 5.91 Å². The van der Waals surface area contributed by atoms with Crippen molar-refractivity contribution in [1.29, 1.82) is 0 Å². The highest BCUT2D eigenvalue weighted by Crippen LogP contribution is 2.06. The number of carbonyl (C=O) groups is 1. The first-order valence-corrected chi connectivity index (χ1v) is 6.40. The zero-order valence-corrected chi connectivity index (χ0v) is 11.6. The van der Waals surface area contributed by atoms with Crippen LogP contribution in [0, 0.1) is 0 Å². The quantitative estimate of drug-likeness (QED) is 0.636. The molecule has 0 aromatic carbocycles. The summed E-state index contributed by atoms with van der Waals surface area (Å²) < 4.78 is 10.1. The SMILES string of the molecule is COCCN(C)CCCNC(=O)c1coc(CN)c1. The van der Waals surface area contributed by atoms with E-state index in [0.29, 0.717) is 24.4 Å². The lowest BCUT2D eigenvalue weighted by molar-refractivity contribution is 0.0950. The lowest BCUT2D eigenvalue weighted by Gasteiger charge is -2.15. The van der Waals surface area contributed by atoms with Crippen LogP contribution in [0.2, 0.25) is 0 Å². The molecular weight excluding hydrogens is 246 g/mol. The number of nitrogens with zero attached hydrogens (tertiary/aromatic N) is 1. The van der Waals surface area contributed by atoms with Gasteiger partial charge in [-0.15, -0.1) is 0 Å². The van der Waals surface area contributed by atoms with Gasteiger partial charge in [0.15, 0.2) is 0 Å². The fraction of sp³-hybridized carbons (Fsp3) is 0.615. The number of nitrogens with one attached hydrogen (secondary N) is 1. The Morgan fingerprint density at radius 1 is 1.53 bits per heavy atom. The summed E-state index contributed by atoms with van der Waals surface area (Å²) in [6, 6.07) is 1.67. The predicted octanol–water partition coefficient (Wildman–Crippen LogP) is 0.436. The Hall–Kier alpha value is -1.37. The van der Waals surface area contributed by atoms with Crippen LogP contribution in [0.1, 0.15) is 22.5 Å². The summed E-state index contributed by atoms with van der Waals surface area (Å²) in [6.07, 6.45) is 2.33. The van der Waals surface area contributed by atoms with Crippen molar-refractivity contribution in [2.75, 3.05) is 40.4 Å². The van der Waals surface area contributed by atoms with Crippen molar-refractivity contribution in [2.45, 2.75) is 13.0 Å². The predicted molar refractivity (Wildman–Crippen MR) is 72.9 cm³/mol. The summed E-state index contributed by atoms with van der Waals surface area (Å²) in [5.41, 5.74) is 5.94. The summed E-state index contributed by atoms with van der Waals surface area (Å²) in [6.45, 7) is 3.48. The molecule has 19 heavy (non-hydrogen) atoms. The van der Waals surface area contributed by atoms with Crippen molar-refractivity contribution in [2.24, 2.45) is 5.73 Å². The Balaban J connectivity index is 2.16. The second kappa shape index (κ2) is 8.68. The highest BCUT2D eigenvalue weighted by atomic mass is 16.5. The second-order valence-corrected chi connectivity index (χ2v) is 4.41. The van der Waals surface area contributed by atoms with Crippen molar-refractivity contribution in [3.05, 3.63) is 23.7 Å². The van der Waals surface area contributed by atoms with Gasteiger partial charge in [0.05, 0.1) is 18.7 Å². The molecule has 0 unspecified atom stereocenters. The molecule has 0 saturated heterocycles. The van der Waals surface area contributed by atoms with Crippen molar-refractivity contribution in [1.82, 2.24) is 10.2 Å². The van der Waals surface area contributed by atoms with Crippen LogP contribution in [-0.4, -0.2) is 51.2 Å². The van der Waals surface area contributed by atoms with E-state index in [9.17, 15) is 4.79 Å². The number of hydrogen-bond donors (Lipinski definition) is 2. The van der Waals surface area contributed by atoms with Gasteiger partial charge in [-0.2, -0.15) is 0 Å². The molecule has 108 valence electrons. The highest BCUT2D eigenvalue weighted by molar-refractivity contribution is 5.93. The third-order valence-electron chi connectivity index (χ3n) is 2.80. The van der Waals surface area contributed by atoms with Gasteiger partial charge < -0.3 is 25.1 Å². The average Bonchev–Trinajstić information content (AvgIpc) is 2.90. The van der Waals surface area contributed by atoms with E-state index >= 15 is 0 Å². The summed E-state index contributed by atoms with van der Waals surface area (Å²) in [5.74, 6) is 0.493. The smallest absolute Gasteiger partial charge is 0.254 e. The molecule has 6 heteroatoms. The fourth-order valence-corrected chi connectivity index (χ4v) is 1.62. The van der Waals surface area contributed by atoms with Gasteiger partial charge in [0.1, 0.15) is 12.0 Å². The maximum Gasteiger partial charge on any atom is 0.254 e. The minimum absolute atomic E-state index is 0.122. The van der Waals surface area contributed by atoms with E-state index in [1.807, 2.05) is 7.05 Å². The molecule has 0 aliphatic rings. The average molecular weight is 269 g/mol. The lowest BCUT2D eigenvalue weighted by atomic mass is 10.3. The molecule has 0 saturated carbocycles. The van der Waals surface area contributed by atoms with Crippen LogP contribution >= 0.6 is 0 Å². The Labute approximate surface area is 113 Å². The molecule has 1 aromatic heterocycles. The summed E-state index contributed by atoms with van der Waals surface area (Å²) in [4.78, 5) is 13.9. The zero-order chi connectivity index (χ0) is 14.1. The number of furan rings is 1. The Morgan fingerprint density at radius 2 is 2.32 bits per heavy atom. The van der Waals surface area contributed by atoms with E-state index in [4.69, 9.17) is 14.9 Å². The molecule has 6 nitrogen and oxygen atoms in total. The lowest BCUT2D eigenvalue weighted by Crippen LogP contribution is -2.29. The normalized spacial score (nSPS) is 10.9. The first-order chi connectivity index (χ1) is 9.17. The van der Waals surface area contributed by atoms with Crippen LogP contribution in [0.15, 0.2) is 16.7 Å². The van der Waals surface area contributed by atoms with Crippen molar-refractivity contribution >= 4 is 5.91 Å². The largest absolute Gasteiger partial charge is 0.467 e. The van der Waals surface area contributed by atoms with E-state index in [0.717, 1.165) is 26.1 Å². The summed E-state index contributed by atoms with van der Waals surface area (Å²) >= 11 is 0. The molecule has 1 heterocycles. The molecule has 0 radical (unpaired) electrons. The van der Waals surface area contributed by atoms with Gasteiger partial charge in [0.2, 0.25) is 0 Å². The Kier molecular flexibility index (Phi) is 7.17. The first-order valence-electron chi connectivity index (χ1n) is 6.40. The molecule has 0 atom stereocenters. The molecule has 0 aliphatic heterocycles. The van der Waals surface area contributed by atoms with E-state index in [1.54, 1.807) is 13.2 Å².